The number of para-hydroxylation sites is 1. The van der Waals surface area contributed by atoms with Gasteiger partial charge >= 0.3 is 0 Å². The second kappa shape index (κ2) is 5.59. The number of nitrogen functional groups attached to an aromatic ring is 1. The number of halogens is 3. The molecular formula is C10H8Br2FN5. The Kier molecular flexibility index (Phi) is 4.10. The zero-order chi connectivity index (χ0) is 13.1. The standard InChI is InChI=1S/C10H8Br2FN5/c11-5-2-1-3-7(13)8(5)16-9-6(12)4-15-10(17-9)18-14/h1-4H,14H2,(H2,15,16,17,18). The van der Waals surface area contributed by atoms with E-state index in [1.165, 1.54) is 12.3 Å². The van der Waals surface area contributed by atoms with Crippen LogP contribution in [-0.2, 0) is 0 Å². The van der Waals surface area contributed by atoms with Gasteiger partial charge in [0.15, 0.2) is 5.82 Å². The molecular weight excluding hydrogens is 369 g/mol. The molecule has 0 saturated carbocycles. The minimum atomic E-state index is -0.392. The molecule has 2 aromatic rings. The first-order valence-corrected chi connectivity index (χ1v) is 6.40. The number of hydrogen-bond donors (Lipinski definition) is 3. The third kappa shape index (κ3) is 2.77. The van der Waals surface area contributed by atoms with E-state index >= 15 is 0 Å². The van der Waals surface area contributed by atoms with Crippen LogP contribution in [0.15, 0.2) is 33.3 Å². The fraction of sp³-hybridized carbons (Fsp3) is 0. The Labute approximate surface area is 119 Å². The van der Waals surface area contributed by atoms with Gasteiger partial charge < -0.3 is 5.32 Å². The summed E-state index contributed by atoms with van der Waals surface area (Å²) < 4.78 is 14.8. The van der Waals surface area contributed by atoms with Crippen molar-refractivity contribution in [3.63, 3.8) is 0 Å². The summed E-state index contributed by atoms with van der Waals surface area (Å²) in [4.78, 5) is 7.98. The normalized spacial score (nSPS) is 10.2. The van der Waals surface area contributed by atoms with Gasteiger partial charge in [0.25, 0.3) is 0 Å². The molecule has 0 bridgehead atoms. The minimum Gasteiger partial charge on any atom is -0.336 e. The lowest BCUT2D eigenvalue weighted by Gasteiger charge is -2.11. The van der Waals surface area contributed by atoms with Crippen LogP contribution < -0.4 is 16.6 Å². The molecule has 8 heteroatoms. The zero-order valence-corrected chi connectivity index (χ0v) is 12.1. The second-order valence-electron chi connectivity index (χ2n) is 3.26. The molecule has 5 nitrogen and oxygen atoms in total. The van der Waals surface area contributed by atoms with Gasteiger partial charge in [0.1, 0.15) is 5.82 Å². The van der Waals surface area contributed by atoms with Crippen LogP contribution in [0.4, 0.5) is 21.8 Å². The smallest absolute Gasteiger partial charge is 0.239 e. The Hall–Kier alpha value is -1.25. The largest absolute Gasteiger partial charge is 0.336 e. The summed E-state index contributed by atoms with van der Waals surface area (Å²) in [5.41, 5.74) is 2.61. The van der Waals surface area contributed by atoms with Gasteiger partial charge in [0, 0.05) is 10.7 Å². The van der Waals surface area contributed by atoms with Crippen LogP contribution in [0.5, 0.6) is 0 Å². The number of benzene rings is 1. The van der Waals surface area contributed by atoms with Gasteiger partial charge in [-0.1, -0.05) is 6.07 Å². The van der Waals surface area contributed by atoms with Crippen molar-refractivity contribution in [3.8, 4) is 0 Å². The van der Waals surface area contributed by atoms with E-state index in [9.17, 15) is 4.39 Å². The number of anilines is 3. The first kappa shape index (κ1) is 13.2. The van der Waals surface area contributed by atoms with Crippen LogP contribution in [0, 0.1) is 5.82 Å². The van der Waals surface area contributed by atoms with Crippen molar-refractivity contribution in [1.29, 1.82) is 0 Å². The summed E-state index contributed by atoms with van der Waals surface area (Å²) >= 11 is 6.54. The predicted molar refractivity (Wildman–Crippen MR) is 74.9 cm³/mol. The van der Waals surface area contributed by atoms with Crippen molar-refractivity contribution in [2.45, 2.75) is 0 Å². The lowest BCUT2D eigenvalue weighted by atomic mass is 10.3. The Morgan fingerprint density at radius 2 is 2.00 bits per heavy atom. The molecule has 2 rings (SSSR count). The van der Waals surface area contributed by atoms with Crippen LogP contribution >= 0.6 is 31.9 Å². The maximum absolute atomic E-state index is 13.7. The lowest BCUT2D eigenvalue weighted by Crippen LogP contribution is -2.11. The number of nitrogens with two attached hydrogens (primary N) is 1. The first-order chi connectivity index (χ1) is 8.61. The molecule has 18 heavy (non-hydrogen) atoms. The predicted octanol–water partition coefficient (Wildman–Crippen LogP) is 3.17. The second-order valence-corrected chi connectivity index (χ2v) is 4.96. The number of hydrazine groups is 1. The van der Waals surface area contributed by atoms with Crippen molar-refractivity contribution in [2.24, 2.45) is 5.84 Å². The monoisotopic (exact) mass is 375 g/mol. The van der Waals surface area contributed by atoms with Crippen molar-refractivity contribution >= 4 is 49.3 Å². The number of aromatic nitrogens is 2. The SMILES string of the molecule is NNc1ncc(Br)c(Nc2c(F)cccc2Br)n1. The van der Waals surface area contributed by atoms with E-state index in [1.807, 2.05) is 0 Å². The minimum absolute atomic E-state index is 0.230. The topological polar surface area (TPSA) is 75.9 Å². The molecule has 0 fully saturated rings. The molecule has 0 spiro atoms. The molecule has 0 aliphatic rings. The maximum Gasteiger partial charge on any atom is 0.239 e. The van der Waals surface area contributed by atoms with Gasteiger partial charge in [-0.3, -0.25) is 5.43 Å². The van der Waals surface area contributed by atoms with Crippen LogP contribution in [0.3, 0.4) is 0 Å². The number of hydrogen-bond acceptors (Lipinski definition) is 5. The highest BCUT2D eigenvalue weighted by Crippen LogP contribution is 2.30. The van der Waals surface area contributed by atoms with Gasteiger partial charge in [0.2, 0.25) is 5.95 Å². The quantitative estimate of drug-likeness (QED) is 0.566. The molecule has 0 saturated heterocycles. The van der Waals surface area contributed by atoms with Gasteiger partial charge in [0.05, 0.1) is 10.2 Å². The van der Waals surface area contributed by atoms with Crippen LogP contribution in [-0.4, -0.2) is 9.97 Å². The number of rotatable bonds is 3. The number of nitrogens with one attached hydrogen (secondary N) is 2. The van der Waals surface area contributed by atoms with E-state index in [0.717, 1.165) is 0 Å². The van der Waals surface area contributed by atoms with Gasteiger partial charge in [-0.05, 0) is 44.0 Å². The van der Waals surface area contributed by atoms with Gasteiger partial charge in [-0.25, -0.2) is 15.2 Å². The van der Waals surface area contributed by atoms with Crippen LogP contribution in [0.25, 0.3) is 0 Å². The Morgan fingerprint density at radius 1 is 1.22 bits per heavy atom. The van der Waals surface area contributed by atoms with Gasteiger partial charge in [-0.2, -0.15) is 4.98 Å². The molecule has 94 valence electrons. The summed E-state index contributed by atoms with van der Waals surface area (Å²) in [6.45, 7) is 0. The molecule has 0 radical (unpaired) electrons. The third-order valence-electron chi connectivity index (χ3n) is 2.08. The summed E-state index contributed by atoms with van der Waals surface area (Å²) in [5.74, 6) is 5.47. The lowest BCUT2D eigenvalue weighted by molar-refractivity contribution is 0.631. The highest BCUT2D eigenvalue weighted by molar-refractivity contribution is 9.11. The summed E-state index contributed by atoms with van der Waals surface area (Å²) in [5, 5.41) is 2.87. The summed E-state index contributed by atoms with van der Waals surface area (Å²) in [6, 6.07) is 4.68. The first-order valence-electron chi connectivity index (χ1n) is 4.82. The Balaban J connectivity index is 2.39. The van der Waals surface area contributed by atoms with Crippen molar-refractivity contribution in [1.82, 2.24) is 9.97 Å². The average Bonchev–Trinajstić information content (AvgIpc) is 2.36. The molecule has 0 aliphatic heterocycles. The highest BCUT2D eigenvalue weighted by Gasteiger charge is 2.10. The number of nitrogens with zero attached hydrogens (tertiary/aromatic N) is 2. The summed E-state index contributed by atoms with van der Waals surface area (Å²) in [7, 11) is 0. The van der Waals surface area contributed by atoms with Crippen LogP contribution in [0.1, 0.15) is 0 Å². The van der Waals surface area contributed by atoms with Crippen LogP contribution in [0.2, 0.25) is 0 Å². The third-order valence-corrected chi connectivity index (χ3v) is 3.32. The van der Waals surface area contributed by atoms with Crippen molar-refractivity contribution in [3.05, 3.63) is 39.2 Å². The van der Waals surface area contributed by atoms with Crippen molar-refractivity contribution < 1.29 is 4.39 Å². The van der Waals surface area contributed by atoms with E-state index in [2.05, 4.69) is 52.6 Å². The fourth-order valence-corrected chi connectivity index (χ4v) is 1.99. The van der Waals surface area contributed by atoms with E-state index in [0.29, 0.717) is 20.5 Å². The fourth-order valence-electron chi connectivity index (χ4n) is 1.26. The Bertz CT molecular complexity index is 558. The maximum atomic E-state index is 13.7. The van der Waals surface area contributed by atoms with E-state index in [-0.39, 0.29) is 5.95 Å². The molecule has 4 N–H and O–H groups in total. The molecule has 1 heterocycles. The molecule has 0 aliphatic carbocycles. The van der Waals surface area contributed by atoms with E-state index < -0.39 is 5.82 Å². The van der Waals surface area contributed by atoms with E-state index in [4.69, 9.17) is 5.84 Å². The molecule has 1 aromatic carbocycles. The van der Waals surface area contributed by atoms with Crippen molar-refractivity contribution in [2.75, 3.05) is 10.7 Å². The van der Waals surface area contributed by atoms with Gasteiger partial charge in [-0.15, -0.1) is 0 Å². The molecule has 0 atom stereocenters. The van der Waals surface area contributed by atoms with E-state index in [1.54, 1.807) is 12.1 Å². The Morgan fingerprint density at radius 3 is 2.67 bits per heavy atom. The molecule has 1 aromatic heterocycles. The molecule has 0 amide bonds. The average molecular weight is 377 g/mol. The highest BCUT2D eigenvalue weighted by atomic mass is 79.9. The zero-order valence-electron chi connectivity index (χ0n) is 8.92. The summed E-state index contributed by atoms with van der Waals surface area (Å²) in [6.07, 6.45) is 1.51. The molecule has 0 unspecified atom stereocenters.